The van der Waals surface area contributed by atoms with Gasteiger partial charge in [-0.05, 0) is 47.7 Å². The Morgan fingerprint density at radius 1 is 1.16 bits per heavy atom. The molecule has 0 bridgehead atoms. The summed E-state index contributed by atoms with van der Waals surface area (Å²) < 4.78 is 5.36. The SMILES string of the molecule is COc1cc(C)c2c(c1)CCN2C(=O)Cc1ccc(C2=C3C=CC=CC3C(=O)N=N2)cc1. The van der Waals surface area contributed by atoms with Crippen LogP contribution in [-0.4, -0.2) is 25.5 Å². The van der Waals surface area contributed by atoms with Gasteiger partial charge in [-0.15, -0.1) is 10.2 Å². The number of anilines is 1. The Morgan fingerprint density at radius 3 is 2.75 bits per heavy atom. The van der Waals surface area contributed by atoms with E-state index in [4.69, 9.17) is 4.74 Å². The fraction of sp³-hybridized carbons (Fsp3) is 0.231. The molecule has 1 aliphatic carbocycles. The molecule has 2 amide bonds. The molecule has 0 N–H and O–H groups in total. The summed E-state index contributed by atoms with van der Waals surface area (Å²) in [5.41, 5.74) is 6.59. The van der Waals surface area contributed by atoms with Crippen LogP contribution >= 0.6 is 0 Å². The number of rotatable bonds is 4. The molecule has 0 spiro atoms. The maximum Gasteiger partial charge on any atom is 0.276 e. The summed E-state index contributed by atoms with van der Waals surface area (Å²) in [6.45, 7) is 2.70. The molecule has 2 aromatic rings. The van der Waals surface area contributed by atoms with Gasteiger partial charge in [-0.1, -0.05) is 48.6 Å². The number of aryl methyl sites for hydroxylation is 1. The van der Waals surface area contributed by atoms with Gasteiger partial charge in [0.2, 0.25) is 5.91 Å². The zero-order chi connectivity index (χ0) is 22.2. The average molecular weight is 425 g/mol. The van der Waals surface area contributed by atoms with Crippen LogP contribution in [0.5, 0.6) is 5.75 Å². The van der Waals surface area contributed by atoms with E-state index in [0.717, 1.165) is 45.7 Å². The van der Waals surface area contributed by atoms with E-state index in [1.807, 2.05) is 72.5 Å². The number of hydrogen-bond donors (Lipinski definition) is 0. The Bertz CT molecular complexity index is 1240. The molecule has 0 radical (unpaired) electrons. The number of amides is 2. The summed E-state index contributed by atoms with van der Waals surface area (Å²) in [5, 5.41) is 7.96. The second-order valence-electron chi connectivity index (χ2n) is 8.18. The topological polar surface area (TPSA) is 71.3 Å². The lowest BCUT2D eigenvalue weighted by molar-refractivity contribution is -0.120. The van der Waals surface area contributed by atoms with Gasteiger partial charge in [0.15, 0.2) is 0 Å². The number of allylic oxidation sites excluding steroid dienone is 3. The summed E-state index contributed by atoms with van der Waals surface area (Å²) in [5.74, 6) is 0.292. The first kappa shape index (κ1) is 20.1. The van der Waals surface area contributed by atoms with Gasteiger partial charge in [0, 0.05) is 12.1 Å². The monoisotopic (exact) mass is 425 g/mol. The summed E-state index contributed by atoms with van der Waals surface area (Å²) in [6, 6.07) is 11.8. The van der Waals surface area contributed by atoms with Crippen LogP contribution in [0.1, 0.15) is 22.3 Å². The molecular formula is C26H23N3O3. The van der Waals surface area contributed by atoms with Gasteiger partial charge < -0.3 is 9.64 Å². The van der Waals surface area contributed by atoms with Crippen molar-refractivity contribution in [3.8, 4) is 5.75 Å². The van der Waals surface area contributed by atoms with Gasteiger partial charge in [0.1, 0.15) is 5.75 Å². The van der Waals surface area contributed by atoms with Crippen molar-refractivity contribution in [1.29, 1.82) is 0 Å². The highest BCUT2D eigenvalue weighted by Crippen LogP contribution is 2.36. The zero-order valence-electron chi connectivity index (χ0n) is 18.0. The van der Waals surface area contributed by atoms with E-state index in [0.29, 0.717) is 18.7 Å². The third kappa shape index (κ3) is 3.47. The number of benzene rings is 2. The van der Waals surface area contributed by atoms with Gasteiger partial charge in [-0.2, -0.15) is 0 Å². The summed E-state index contributed by atoms with van der Waals surface area (Å²) in [7, 11) is 1.66. The molecule has 1 unspecified atom stereocenters. The third-order valence-electron chi connectivity index (χ3n) is 6.16. The van der Waals surface area contributed by atoms with Crippen molar-refractivity contribution in [1.82, 2.24) is 0 Å². The molecule has 0 aromatic heterocycles. The Hall–Kier alpha value is -3.80. The lowest BCUT2D eigenvalue weighted by Gasteiger charge is -2.21. The first-order valence-corrected chi connectivity index (χ1v) is 10.7. The first-order valence-electron chi connectivity index (χ1n) is 10.7. The highest BCUT2D eigenvalue weighted by Gasteiger charge is 2.29. The van der Waals surface area contributed by atoms with Crippen LogP contribution in [-0.2, 0) is 22.4 Å². The van der Waals surface area contributed by atoms with Crippen LogP contribution in [0.2, 0.25) is 0 Å². The van der Waals surface area contributed by atoms with Crippen molar-refractivity contribution in [2.75, 3.05) is 18.6 Å². The van der Waals surface area contributed by atoms with Gasteiger partial charge in [-0.3, -0.25) is 9.59 Å². The first-order chi connectivity index (χ1) is 15.5. The van der Waals surface area contributed by atoms with Crippen molar-refractivity contribution < 1.29 is 14.3 Å². The molecule has 32 heavy (non-hydrogen) atoms. The highest BCUT2D eigenvalue weighted by atomic mass is 16.5. The number of nitrogens with zero attached hydrogens (tertiary/aromatic N) is 3. The molecule has 0 fully saturated rings. The molecule has 3 aliphatic rings. The largest absolute Gasteiger partial charge is 0.497 e. The smallest absolute Gasteiger partial charge is 0.276 e. The van der Waals surface area contributed by atoms with E-state index >= 15 is 0 Å². The minimum absolute atomic E-state index is 0.0789. The fourth-order valence-corrected chi connectivity index (χ4v) is 4.58. The van der Waals surface area contributed by atoms with Crippen molar-refractivity contribution in [3.05, 3.63) is 88.5 Å². The van der Waals surface area contributed by atoms with E-state index < -0.39 is 0 Å². The van der Waals surface area contributed by atoms with Crippen LogP contribution in [0.25, 0.3) is 5.70 Å². The minimum atomic E-state index is -0.370. The van der Waals surface area contributed by atoms with E-state index in [-0.39, 0.29) is 17.7 Å². The standard InChI is InChI=1S/C26H23N3O3/c1-16-13-20(32-2)15-19-11-12-29(25(16)19)23(30)14-17-7-9-18(10-8-17)24-21-5-3-4-6-22(21)26(31)28-27-24/h3-10,13,15,22H,11-12,14H2,1-2H3. The molecule has 1 atom stereocenters. The fourth-order valence-electron chi connectivity index (χ4n) is 4.58. The second kappa shape index (κ2) is 8.04. The zero-order valence-corrected chi connectivity index (χ0v) is 18.0. The van der Waals surface area contributed by atoms with Crippen LogP contribution in [0.3, 0.4) is 0 Å². The molecule has 2 aromatic carbocycles. The van der Waals surface area contributed by atoms with Crippen molar-refractivity contribution in [2.24, 2.45) is 16.1 Å². The molecule has 2 aliphatic heterocycles. The number of fused-ring (bicyclic) bond motifs is 2. The van der Waals surface area contributed by atoms with Gasteiger partial charge >= 0.3 is 0 Å². The van der Waals surface area contributed by atoms with Crippen molar-refractivity contribution >= 4 is 23.2 Å². The van der Waals surface area contributed by atoms with Crippen LogP contribution in [0.15, 0.2) is 76.5 Å². The number of carbonyl (C=O) groups excluding carboxylic acids is 2. The molecule has 6 nitrogen and oxygen atoms in total. The summed E-state index contributed by atoms with van der Waals surface area (Å²) in [6.07, 6.45) is 8.67. The van der Waals surface area contributed by atoms with Gasteiger partial charge in [0.05, 0.1) is 30.8 Å². The molecule has 2 heterocycles. The quantitative estimate of drug-likeness (QED) is 0.720. The number of azo groups is 1. The Labute approximate surface area is 186 Å². The predicted molar refractivity (Wildman–Crippen MR) is 122 cm³/mol. The molecule has 0 saturated carbocycles. The van der Waals surface area contributed by atoms with Crippen LogP contribution in [0, 0.1) is 12.8 Å². The van der Waals surface area contributed by atoms with Crippen molar-refractivity contribution in [3.63, 3.8) is 0 Å². The summed E-state index contributed by atoms with van der Waals surface area (Å²) in [4.78, 5) is 27.0. The highest BCUT2D eigenvalue weighted by molar-refractivity contribution is 5.98. The van der Waals surface area contributed by atoms with E-state index in [9.17, 15) is 9.59 Å². The van der Waals surface area contributed by atoms with Crippen LogP contribution in [0.4, 0.5) is 5.69 Å². The minimum Gasteiger partial charge on any atom is -0.497 e. The van der Waals surface area contributed by atoms with E-state index in [1.54, 1.807) is 7.11 Å². The lowest BCUT2D eigenvalue weighted by Crippen LogP contribution is -2.30. The number of hydrogen-bond acceptors (Lipinski definition) is 4. The summed E-state index contributed by atoms with van der Waals surface area (Å²) >= 11 is 0. The Balaban J connectivity index is 1.35. The maximum absolute atomic E-state index is 13.1. The molecule has 0 saturated heterocycles. The average Bonchev–Trinajstić information content (AvgIpc) is 3.25. The molecular weight excluding hydrogens is 402 g/mol. The Kier molecular flexibility index (Phi) is 5.05. The van der Waals surface area contributed by atoms with Gasteiger partial charge in [-0.25, -0.2) is 0 Å². The van der Waals surface area contributed by atoms with Crippen molar-refractivity contribution in [2.45, 2.75) is 19.8 Å². The molecule has 6 heteroatoms. The second-order valence-corrected chi connectivity index (χ2v) is 8.18. The maximum atomic E-state index is 13.1. The normalized spacial score (nSPS) is 18.8. The van der Waals surface area contributed by atoms with Crippen LogP contribution < -0.4 is 9.64 Å². The lowest BCUT2D eigenvalue weighted by atomic mass is 9.89. The number of ether oxygens (including phenoxy) is 1. The van der Waals surface area contributed by atoms with Gasteiger partial charge in [0.25, 0.3) is 5.91 Å². The molecule has 5 rings (SSSR count). The molecule has 160 valence electrons. The number of carbonyl (C=O) groups is 2. The van der Waals surface area contributed by atoms with E-state index in [2.05, 4.69) is 10.2 Å². The third-order valence-corrected chi connectivity index (χ3v) is 6.16. The number of methoxy groups -OCH3 is 1. The van der Waals surface area contributed by atoms with E-state index in [1.165, 1.54) is 0 Å². The predicted octanol–water partition coefficient (Wildman–Crippen LogP) is 4.58. The Morgan fingerprint density at radius 2 is 1.97 bits per heavy atom.